The highest BCUT2D eigenvalue weighted by Crippen LogP contribution is 2.40. The number of nitrogens with zero attached hydrogens (tertiary/aromatic N) is 4. The predicted octanol–water partition coefficient (Wildman–Crippen LogP) is 7.68. The maximum atomic E-state index is 14.1. The van der Waals surface area contributed by atoms with Gasteiger partial charge in [0, 0.05) is 49.2 Å². The van der Waals surface area contributed by atoms with Crippen LogP contribution in [0.25, 0.3) is 22.3 Å². The summed E-state index contributed by atoms with van der Waals surface area (Å²) in [4.78, 5) is 7.88. The number of thiazole rings is 1. The summed E-state index contributed by atoms with van der Waals surface area (Å²) in [6.45, 7) is 2.94. The van der Waals surface area contributed by atoms with Gasteiger partial charge in [-0.25, -0.2) is 18.4 Å². The minimum Gasteiger partial charge on any atom is -0.455 e. The zero-order chi connectivity index (χ0) is 36.7. The Bertz CT molecular complexity index is 2130. The van der Waals surface area contributed by atoms with E-state index in [-0.39, 0.29) is 27.9 Å². The van der Waals surface area contributed by atoms with Crippen molar-refractivity contribution in [1.29, 1.82) is 5.26 Å². The molecule has 0 unspecified atom stereocenters. The topological polar surface area (TPSA) is 132 Å². The van der Waals surface area contributed by atoms with E-state index in [1.807, 2.05) is 13.1 Å². The first-order valence-electron chi connectivity index (χ1n) is 16.6. The Balaban J connectivity index is 1.27. The number of nitriles is 1. The minimum absolute atomic E-state index is 0.0368. The first-order chi connectivity index (χ1) is 25.0. The number of pyridine rings is 1. The van der Waals surface area contributed by atoms with Gasteiger partial charge in [0.25, 0.3) is 10.0 Å². The Morgan fingerprint density at radius 2 is 1.73 bits per heavy atom. The van der Waals surface area contributed by atoms with Gasteiger partial charge in [-0.05, 0) is 122 Å². The van der Waals surface area contributed by atoms with Crippen LogP contribution in [0.1, 0.15) is 36.0 Å². The van der Waals surface area contributed by atoms with Gasteiger partial charge in [-0.15, -0.1) is 11.3 Å². The van der Waals surface area contributed by atoms with Crippen LogP contribution in [0.5, 0.6) is 11.5 Å². The number of benzene rings is 3. The number of piperidine rings is 1. The zero-order valence-electron chi connectivity index (χ0n) is 28.2. The second-order valence-corrected chi connectivity index (χ2v) is 14.9. The molecule has 0 spiro atoms. The van der Waals surface area contributed by atoms with Crippen molar-refractivity contribution >= 4 is 26.5 Å². The maximum absolute atomic E-state index is 14.1. The zero-order valence-corrected chi connectivity index (χ0v) is 29.8. The molecule has 0 bridgehead atoms. The molecule has 1 fully saturated rings. The van der Waals surface area contributed by atoms with Gasteiger partial charge >= 0.3 is 6.18 Å². The lowest BCUT2D eigenvalue weighted by molar-refractivity contribution is -0.137. The summed E-state index contributed by atoms with van der Waals surface area (Å²) < 4.78 is 76.9. The number of hydrazine groups is 1. The van der Waals surface area contributed by atoms with E-state index in [9.17, 15) is 26.9 Å². The molecule has 6 rings (SSSR count). The summed E-state index contributed by atoms with van der Waals surface area (Å²) in [5, 5.41) is 17.3. The molecule has 0 aliphatic carbocycles. The standard InChI is InChI=1S/C37H36F3N7O3S2/c1-42-47-15-9-25(10-16-47)6-11-44-24-26-18-29(20-31(19-26)37(38,39)40)28-2-4-35(33(22-28)27-7-12-43-13-8-27)50-34-5-3-32(21-30(34)23-41)52(48,49)46-36-45-14-17-51-36/h2-5,7-8,12-14,17-22,25,42,44H,6,9-11,15-16,24H2,1H3,(H,45,46). The van der Waals surface area contributed by atoms with Crippen molar-refractivity contribution in [2.75, 3.05) is 31.4 Å². The molecule has 3 N–H and O–H groups in total. The molecule has 0 atom stereocenters. The number of sulfonamides is 1. The number of hydrogen-bond donors (Lipinski definition) is 3. The predicted molar refractivity (Wildman–Crippen MR) is 194 cm³/mol. The highest BCUT2D eigenvalue weighted by Gasteiger charge is 2.31. The Morgan fingerprint density at radius 3 is 2.42 bits per heavy atom. The smallest absolute Gasteiger partial charge is 0.416 e. The number of anilines is 1. The van der Waals surface area contributed by atoms with Crippen LogP contribution in [0.2, 0.25) is 0 Å². The van der Waals surface area contributed by atoms with E-state index in [0.29, 0.717) is 46.0 Å². The second kappa shape index (κ2) is 16.2. The monoisotopic (exact) mass is 747 g/mol. The van der Waals surface area contributed by atoms with Crippen molar-refractivity contribution in [3.05, 3.63) is 107 Å². The quantitative estimate of drug-likeness (QED) is 0.104. The van der Waals surface area contributed by atoms with Crippen molar-refractivity contribution in [2.45, 2.75) is 36.9 Å². The summed E-state index contributed by atoms with van der Waals surface area (Å²) >= 11 is 1.11. The van der Waals surface area contributed by atoms with Gasteiger partial charge in [0.1, 0.15) is 17.6 Å². The summed E-state index contributed by atoms with van der Waals surface area (Å²) in [7, 11) is -2.11. The molecule has 0 saturated carbocycles. The molecule has 52 heavy (non-hydrogen) atoms. The lowest BCUT2D eigenvalue weighted by Crippen LogP contribution is -2.41. The van der Waals surface area contributed by atoms with Crippen LogP contribution in [0.15, 0.2) is 95.6 Å². The molecule has 1 aliphatic rings. The molecular weight excluding hydrogens is 712 g/mol. The Kier molecular flexibility index (Phi) is 11.5. The number of alkyl halides is 3. The van der Waals surface area contributed by atoms with Crippen LogP contribution in [-0.2, 0) is 22.7 Å². The summed E-state index contributed by atoms with van der Waals surface area (Å²) in [6.07, 6.45) is 3.19. The third-order valence-corrected chi connectivity index (χ3v) is 11.0. The van der Waals surface area contributed by atoms with E-state index in [1.54, 1.807) is 54.2 Å². The van der Waals surface area contributed by atoms with Crippen molar-refractivity contribution in [3.8, 4) is 39.8 Å². The lowest BCUT2D eigenvalue weighted by Gasteiger charge is -2.31. The highest BCUT2D eigenvalue weighted by molar-refractivity contribution is 7.93. The van der Waals surface area contributed by atoms with Gasteiger partial charge in [-0.2, -0.15) is 18.4 Å². The van der Waals surface area contributed by atoms with E-state index in [0.717, 1.165) is 49.8 Å². The van der Waals surface area contributed by atoms with Crippen molar-refractivity contribution in [3.63, 3.8) is 0 Å². The SMILES string of the molecule is CNN1CCC(CCNCc2cc(-c3ccc(Oc4ccc(S(=O)(=O)Nc5nccs5)cc4C#N)c(-c4ccncc4)c3)cc(C(F)(F)F)c2)CC1. The Labute approximate surface area is 304 Å². The van der Waals surface area contributed by atoms with Crippen LogP contribution in [0.3, 0.4) is 0 Å². The van der Waals surface area contributed by atoms with Gasteiger partial charge in [-0.3, -0.25) is 15.1 Å². The third kappa shape index (κ3) is 9.14. The third-order valence-electron chi connectivity index (χ3n) is 8.87. The van der Waals surface area contributed by atoms with Gasteiger partial charge in [0.05, 0.1) is 16.0 Å². The fraction of sp³-hybridized carbons (Fsp3) is 0.270. The van der Waals surface area contributed by atoms with Crippen LogP contribution >= 0.6 is 11.3 Å². The maximum Gasteiger partial charge on any atom is 0.416 e. The largest absolute Gasteiger partial charge is 0.455 e. The van der Waals surface area contributed by atoms with Crippen molar-refractivity contribution < 1.29 is 26.3 Å². The number of nitrogens with one attached hydrogen (secondary N) is 3. The highest BCUT2D eigenvalue weighted by atomic mass is 32.2. The average Bonchev–Trinajstić information content (AvgIpc) is 3.66. The molecule has 0 amide bonds. The van der Waals surface area contributed by atoms with E-state index >= 15 is 0 Å². The molecule has 10 nitrogen and oxygen atoms in total. The van der Waals surface area contributed by atoms with Crippen LogP contribution in [-0.4, -0.2) is 50.1 Å². The van der Waals surface area contributed by atoms with Crippen LogP contribution < -0.4 is 20.2 Å². The number of ether oxygens (including phenoxy) is 1. The molecule has 270 valence electrons. The number of halogens is 3. The van der Waals surface area contributed by atoms with Gasteiger partial charge in [0.2, 0.25) is 0 Å². The van der Waals surface area contributed by atoms with Gasteiger partial charge < -0.3 is 10.1 Å². The van der Waals surface area contributed by atoms with Crippen molar-refractivity contribution in [1.82, 2.24) is 25.7 Å². The Morgan fingerprint density at radius 1 is 0.962 bits per heavy atom. The Hall–Kier alpha value is -4.85. The van der Waals surface area contributed by atoms with Gasteiger partial charge in [0.15, 0.2) is 5.13 Å². The molecule has 1 saturated heterocycles. The first-order valence-corrected chi connectivity index (χ1v) is 18.9. The van der Waals surface area contributed by atoms with E-state index < -0.39 is 21.8 Å². The minimum atomic E-state index is -4.55. The number of aromatic nitrogens is 2. The lowest BCUT2D eigenvalue weighted by atomic mass is 9.94. The fourth-order valence-corrected chi connectivity index (χ4v) is 7.90. The molecule has 1 aliphatic heterocycles. The van der Waals surface area contributed by atoms with Gasteiger partial charge in [-0.1, -0.05) is 6.07 Å². The van der Waals surface area contributed by atoms with E-state index in [2.05, 4.69) is 30.4 Å². The van der Waals surface area contributed by atoms with E-state index in [4.69, 9.17) is 4.74 Å². The molecule has 2 aromatic heterocycles. The summed E-state index contributed by atoms with van der Waals surface area (Å²) in [6, 6.07) is 18.5. The summed E-state index contributed by atoms with van der Waals surface area (Å²) in [5.74, 6) is 0.971. The summed E-state index contributed by atoms with van der Waals surface area (Å²) in [5.41, 5.74) is 5.02. The molecule has 5 aromatic rings. The van der Waals surface area contributed by atoms with Crippen LogP contribution in [0.4, 0.5) is 18.3 Å². The normalized spacial score (nSPS) is 14.2. The number of rotatable bonds is 13. The average molecular weight is 748 g/mol. The molecule has 0 radical (unpaired) electrons. The molecular formula is C37H36F3N7O3S2. The second-order valence-electron chi connectivity index (χ2n) is 12.3. The van der Waals surface area contributed by atoms with Crippen LogP contribution in [0, 0.1) is 17.2 Å². The first kappa shape index (κ1) is 36.9. The molecule has 15 heteroatoms. The molecule has 3 heterocycles. The number of hydrogen-bond acceptors (Lipinski definition) is 10. The molecule has 3 aromatic carbocycles. The van der Waals surface area contributed by atoms with E-state index in [1.165, 1.54) is 30.5 Å². The van der Waals surface area contributed by atoms with Crippen molar-refractivity contribution in [2.24, 2.45) is 5.92 Å². The fourth-order valence-electron chi connectivity index (χ4n) is 6.08.